The van der Waals surface area contributed by atoms with Gasteiger partial charge in [-0.25, -0.2) is 0 Å². The Hall–Kier alpha value is -0.260. The van der Waals surface area contributed by atoms with Crippen LogP contribution in [0.2, 0.25) is 0 Å². The van der Waals surface area contributed by atoms with E-state index in [1.807, 2.05) is 0 Å². The van der Waals surface area contributed by atoms with Crippen molar-refractivity contribution >= 4 is 0 Å². The highest BCUT2D eigenvalue weighted by Gasteiger charge is 2.40. The normalized spacial score (nSPS) is 21.9. The van der Waals surface area contributed by atoms with E-state index >= 15 is 0 Å². The van der Waals surface area contributed by atoms with Crippen LogP contribution in [0.3, 0.4) is 0 Å². The lowest BCUT2D eigenvalue weighted by Crippen LogP contribution is -2.40. The van der Waals surface area contributed by atoms with E-state index in [0.717, 1.165) is 17.8 Å². The van der Waals surface area contributed by atoms with Crippen LogP contribution in [-0.4, -0.2) is 0 Å². The van der Waals surface area contributed by atoms with Crippen LogP contribution < -0.4 is 0 Å². The summed E-state index contributed by atoms with van der Waals surface area (Å²) in [6.45, 7) is 20.5. The molecule has 0 aromatic heterocycles. The highest BCUT2D eigenvalue weighted by Crippen LogP contribution is 2.47. The van der Waals surface area contributed by atoms with Crippen molar-refractivity contribution in [1.82, 2.24) is 0 Å². The minimum absolute atomic E-state index is 0.380. The molecule has 4 atom stereocenters. The smallest absolute Gasteiger partial charge is 0.0205 e. The van der Waals surface area contributed by atoms with Gasteiger partial charge in [0.15, 0.2) is 0 Å². The van der Waals surface area contributed by atoms with Crippen LogP contribution in [0.1, 0.15) is 54.9 Å². The van der Waals surface area contributed by atoms with Crippen LogP contribution in [0.25, 0.3) is 0 Å². The molecule has 0 heteroatoms. The Morgan fingerprint density at radius 2 is 1.60 bits per heavy atom. The van der Waals surface area contributed by atoms with E-state index in [1.54, 1.807) is 0 Å². The average Bonchev–Trinajstić information content (AvgIpc) is 2.24. The molecule has 0 N–H and O–H groups in total. The summed E-state index contributed by atoms with van der Waals surface area (Å²) in [5, 5.41) is 0. The molecule has 0 fully saturated rings. The second kappa shape index (κ2) is 5.72. The first kappa shape index (κ1) is 14.7. The Morgan fingerprint density at radius 3 is 1.87 bits per heavy atom. The minimum atomic E-state index is 0.380. The molecule has 0 aromatic carbocycles. The summed E-state index contributed by atoms with van der Waals surface area (Å²) in [6.07, 6.45) is 3.39. The summed E-state index contributed by atoms with van der Waals surface area (Å²) in [5.74, 6) is 2.82. The van der Waals surface area contributed by atoms with Crippen molar-refractivity contribution in [2.45, 2.75) is 54.9 Å². The van der Waals surface area contributed by atoms with Crippen LogP contribution in [0.5, 0.6) is 0 Å². The Balaban J connectivity index is 5.09. The molecule has 0 spiro atoms. The van der Waals surface area contributed by atoms with Gasteiger partial charge in [0.25, 0.3) is 0 Å². The third kappa shape index (κ3) is 2.86. The summed E-state index contributed by atoms with van der Waals surface area (Å²) in [4.78, 5) is 0. The van der Waals surface area contributed by atoms with Gasteiger partial charge in [0.1, 0.15) is 0 Å². The molecule has 0 aliphatic carbocycles. The molecule has 0 amide bonds. The van der Waals surface area contributed by atoms with E-state index in [2.05, 4.69) is 61.1 Å². The Kier molecular flexibility index (Phi) is 5.62. The van der Waals surface area contributed by atoms with E-state index in [4.69, 9.17) is 0 Å². The van der Waals surface area contributed by atoms with E-state index in [0.29, 0.717) is 11.3 Å². The molecule has 0 saturated carbocycles. The third-order valence-electron chi connectivity index (χ3n) is 4.99. The second-order valence-electron chi connectivity index (χ2n) is 5.73. The van der Waals surface area contributed by atoms with Gasteiger partial charge in [0.2, 0.25) is 0 Å². The molecule has 0 bridgehead atoms. The zero-order chi connectivity index (χ0) is 12.2. The van der Waals surface area contributed by atoms with E-state index in [1.165, 1.54) is 6.42 Å². The maximum atomic E-state index is 3.99. The van der Waals surface area contributed by atoms with Gasteiger partial charge in [-0.1, -0.05) is 61.0 Å². The quantitative estimate of drug-likeness (QED) is 0.532. The number of hydrogen-bond acceptors (Lipinski definition) is 0. The van der Waals surface area contributed by atoms with Crippen molar-refractivity contribution < 1.29 is 0 Å². The molecule has 0 aliphatic heterocycles. The molecule has 15 heavy (non-hydrogen) atoms. The van der Waals surface area contributed by atoms with Gasteiger partial charge in [0.05, 0.1) is 0 Å². The maximum absolute atomic E-state index is 3.99. The van der Waals surface area contributed by atoms with Gasteiger partial charge < -0.3 is 0 Å². The van der Waals surface area contributed by atoms with Crippen LogP contribution in [0.4, 0.5) is 0 Å². The van der Waals surface area contributed by atoms with Crippen molar-refractivity contribution in [2.24, 2.45) is 29.1 Å². The molecular weight excluding hydrogens is 180 g/mol. The lowest BCUT2D eigenvalue weighted by molar-refractivity contribution is 0.0381. The van der Waals surface area contributed by atoms with Crippen molar-refractivity contribution in [2.75, 3.05) is 0 Å². The van der Waals surface area contributed by atoms with Gasteiger partial charge >= 0.3 is 0 Å². The lowest BCUT2D eigenvalue weighted by atomic mass is 9.58. The average molecular weight is 210 g/mol. The minimum Gasteiger partial charge on any atom is -0.103 e. The Bertz CT molecular complexity index is 192. The fourth-order valence-electron chi connectivity index (χ4n) is 2.72. The molecule has 0 heterocycles. The third-order valence-corrected chi connectivity index (χ3v) is 4.99. The topological polar surface area (TPSA) is 0 Å². The molecule has 0 nitrogen and oxygen atoms in total. The molecule has 0 rings (SSSR count). The van der Waals surface area contributed by atoms with Crippen LogP contribution in [0, 0.1) is 29.1 Å². The van der Waals surface area contributed by atoms with Gasteiger partial charge in [0, 0.05) is 0 Å². The Morgan fingerprint density at radius 1 is 1.13 bits per heavy atom. The molecule has 0 saturated heterocycles. The predicted octanol–water partition coefficient (Wildman–Crippen LogP) is 5.15. The number of rotatable bonds is 6. The summed E-state index contributed by atoms with van der Waals surface area (Å²) >= 11 is 0. The van der Waals surface area contributed by atoms with Gasteiger partial charge in [-0.15, -0.1) is 6.58 Å². The zero-order valence-corrected chi connectivity index (χ0v) is 11.8. The maximum Gasteiger partial charge on any atom is -0.0205 e. The van der Waals surface area contributed by atoms with Gasteiger partial charge in [-0.3, -0.25) is 0 Å². The predicted molar refractivity (Wildman–Crippen MR) is 70.9 cm³/mol. The van der Waals surface area contributed by atoms with Crippen molar-refractivity contribution in [1.29, 1.82) is 0 Å². The largest absolute Gasteiger partial charge is 0.103 e. The Labute approximate surface area is 97.2 Å². The second-order valence-corrected chi connectivity index (χ2v) is 5.73. The standard InChI is InChI=1S/C15H30/c1-9-12(5)15(8,13(6)10-2)14(7)11(3)4/h9,11-14H,1,10H2,2-8H3. The first-order valence-corrected chi connectivity index (χ1v) is 6.44. The molecule has 90 valence electrons. The lowest BCUT2D eigenvalue weighted by Gasteiger charge is -2.46. The van der Waals surface area contributed by atoms with Crippen molar-refractivity contribution in [3.8, 4) is 0 Å². The van der Waals surface area contributed by atoms with E-state index in [-0.39, 0.29) is 0 Å². The van der Waals surface area contributed by atoms with Crippen molar-refractivity contribution in [3.05, 3.63) is 12.7 Å². The van der Waals surface area contributed by atoms with Gasteiger partial charge in [-0.05, 0) is 29.1 Å². The molecule has 0 aliphatic rings. The van der Waals surface area contributed by atoms with Crippen LogP contribution >= 0.6 is 0 Å². The first-order chi connectivity index (χ1) is 6.82. The van der Waals surface area contributed by atoms with Crippen molar-refractivity contribution in [3.63, 3.8) is 0 Å². The van der Waals surface area contributed by atoms with Gasteiger partial charge in [-0.2, -0.15) is 0 Å². The monoisotopic (exact) mass is 210 g/mol. The summed E-state index contributed by atoms with van der Waals surface area (Å²) in [6, 6.07) is 0. The van der Waals surface area contributed by atoms with E-state index in [9.17, 15) is 0 Å². The molecule has 0 aromatic rings. The summed E-state index contributed by atoms with van der Waals surface area (Å²) in [7, 11) is 0. The summed E-state index contributed by atoms with van der Waals surface area (Å²) in [5.41, 5.74) is 0.380. The molecule has 0 radical (unpaired) electrons. The fraction of sp³-hybridized carbons (Fsp3) is 0.867. The van der Waals surface area contributed by atoms with Crippen LogP contribution in [-0.2, 0) is 0 Å². The highest BCUT2D eigenvalue weighted by atomic mass is 14.4. The highest BCUT2D eigenvalue weighted by molar-refractivity contribution is 4.96. The first-order valence-electron chi connectivity index (χ1n) is 6.44. The summed E-state index contributed by atoms with van der Waals surface area (Å²) < 4.78 is 0. The number of hydrogen-bond donors (Lipinski definition) is 0. The zero-order valence-electron chi connectivity index (χ0n) is 11.8. The fourth-order valence-corrected chi connectivity index (χ4v) is 2.72. The SMILES string of the molecule is C=CC(C)C(C)(C(C)CC)C(C)C(C)C. The number of allylic oxidation sites excluding steroid dienone is 1. The van der Waals surface area contributed by atoms with E-state index < -0.39 is 0 Å². The molecule has 4 unspecified atom stereocenters. The van der Waals surface area contributed by atoms with Crippen LogP contribution in [0.15, 0.2) is 12.7 Å². The molecular formula is C15H30.